The summed E-state index contributed by atoms with van der Waals surface area (Å²) < 4.78 is 12.2. The van der Waals surface area contributed by atoms with Crippen molar-refractivity contribution in [3.05, 3.63) is 58.6 Å². The number of hydrogen-bond acceptors (Lipinski definition) is 7. The van der Waals surface area contributed by atoms with E-state index >= 15 is 0 Å². The van der Waals surface area contributed by atoms with Gasteiger partial charge in [0.1, 0.15) is 12.1 Å². The second-order valence-corrected chi connectivity index (χ2v) is 8.95. The second kappa shape index (κ2) is 9.81. The minimum atomic E-state index is -1.00. The van der Waals surface area contributed by atoms with Gasteiger partial charge in [0.15, 0.2) is 5.58 Å². The maximum atomic E-state index is 12.7. The van der Waals surface area contributed by atoms with Gasteiger partial charge in [-0.15, -0.1) is 0 Å². The van der Waals surface area contributed by atoms with Gasteiger partial charge in [0.2, 0.25) is 0 Å². The molecule has 1 aliphatic heterocycles. The van der Waals surface area contributed by atoms with Crippen LogP contribution in [0.2, 0.25) is 0 Å². The summed E-state index contributed by atoms with van der Waals surface area (Å²) in [5, 5.41) is 25.6. The molecule has 3 aromatic rings. The Morgan fingerprint density at radius 2 is 2.06 bits per heavy atom. The van der Waals surface area contributed by atoms with Crippen molar-refractivity contribution in [2.45, 2.75) is 37.5 Å². The summed E-state index contributed by atoms with van der Waals surface area (Å²) in [4.78, 5) is 24.4. The van der Waals surface area contributed by atoms with Crippen molar-refractivity contribution < 1.29 is 19.1 Å². The Kier molecular flexibility index (Phi) is 6.84. The molecule has 1 saturated heterocycles. The molecule has 2 aromatic carbocycles. The SMILES string of the molecule is Cn1c(=O)oc2ccc(-c3ccc(C[C@@H](C#N)NC(=O)C4CNCCC(C)(O)CO4)cc3)cc21. The Balaban J connectivity index is 1.41. The van der Waals surface area contributed by atoms with Crippen molar-refractivity contribution in [2.75, 3.05) is 19.7 Å². The van der Waals surface area contributed by atoms with E-state index in [9.17, 15) is 20.0 Å². The summed E-state index contributed by atoms with van der Waals surface area (Å²) in [6, 6.07) is 14.7. The number of aromatic nitrogens is 1. The third-order valence-corrected chi connectivity index (χ3v) is 6.05. The molecule has 0 bridgehead atoms. The zero-order chi connectivity index (χ0) is 24.3. The molecule has 3 N–H and O–H groups in total. The lowest BCUT2D eigenvalue weighted by Gasteiger charge is -2.30. The van der Waals surface area contributed by atoms with Crippen LogP contribution < -0.4 is 16.4 Å². The van der Waals surface area contributed by atoms with Gasteiger partial charge in [-0.05, 0) is 48.7 Å². The zero-order valence-corrected chi connectivity index (χ0v) is 19.2. The maximum absolute atomic E-state index is 12.7. The first-order valence-corrected chi connectivity index (χ1v) is 11.2. The largest absolute Gasteiger partial charge is 0.419 e. The van der Waals surface area contributed by atoms with Gasteiger partial charge in [0.25, 0.3) is 5.91 Å². The number of rotatable bonds is 5. The molecule has 0 radical (unpaired) electrons. The summed E-state index contributed by atoms with van der Waals surface area (Å²) in [6.45, 7) is 2.63. The highest BCUT2D eigenvalue weighted by atomic mass is 16.5. The number of hydrogen-bond donors (Lipinski definition) is 3. The number of nitriles is 1. The summed E-state index contributed by atoms with van der Waals surface area (Å²) in [5.74, 6) is -0.787. The van der Waals surface area contributed by atoms with Crippen molar-refractivity contribution in [1.29, 1.82) is 5.26 Å². The minimum Gasteiger partial charge on any atom is -0.408 e. The van der Waals surface area contributed by atoms with Crippen LogP contribution in [0.1, 0.15) is 18.9 Å². The van der Waals surface area contributed by atoms with Gasteiger partial charge in [-0.1, -0.05) is 30.3 Å². The first kappa shape index (κ1) is 23.7. The highest BCUT2D eigenvalue weighted by Crippen LogP contribution is 2.24. The number of benzene rings is 2. The number of carbonyl (C=O) groups excluding carboxylic acids is 1. The van der Waals surface area contributed by atoms with Crippen molar-refractivity contribution >= 4 is 17.0 Å². The molecule has 2 unspecified atom stereocenters. The minimum absolute atomic E-state index is 0.0597. The van der Waals surface area contributed by atoms with E-state index in [0.717, 1.165) is 16.7 Å². The molecule has 4 rings (SSSR count). The number of nitrogens with zero attached hydrogens (tertiary/aromatic N) is 2. The van der Waals surface area contributed by atoms with E-state index in [1.54, 1.807) is 20.0 Å². The molecule has 9 nitrogen and oxygen atoms in total. The fraction of sp³-hybridized carbons (Fsp3) is 0.400. The van der Waals surface area contributed by atoms with E-state index in [1.807, 2.05) is 36.4 Å². The Morgan fingerprint density at radius 1 is 1.32 bits per heavy atom. The molecule has 0 saturated carbocycles. The van der Waals surface area contributed by atoms with Gasteiger partial charge in [-0.3, -0.25) is 9.36 Å². The molecule has 34 heavy (non-hydrogen) atoms. The number of aryl methyl sites for hydroxylation is 1. The molecule has 1 amide bonds. The van der Waals surface area contributed by atoms with Crippen molar-refractivity contribution in [2.24, 2.45) is 7.05 Å². The summed E-state index contributed by atoms with van der Waals surface area (Å²) in [6.07, 6.45) is 0.0980. The number of ether oxygens (including phenoxy) is 1. The standard InChI is InChI=1S/C25H28N4O5/c1-25(32)9-10-27-14-22(33-15-25)23(30)28-19(13-26)11-16-3-5-17(6-4-16)18-7-8-21-20(12-18)29(2)24(31)34-21/h3-8,12,19,22,27,32H,9-11,14-15H2,1-2H3,(H,28,30)/t19-,22?,25?/m0/s1. The van der Waals surface area contributed by atoms with Gasteiger partial charge in [-0.2, -0.15) is 5.26 Å². The first-order valence-electron chi connectivity index (χ1n) is 11.2. The van der Waals surface area contributed by atoms with Crippen LogP contribution in [0.3, 0.4) is 0 Å². The Hall–Kier alpha value is -3.45. The molecular weight excluding hydrogens is 436 g/mol. The molecule has 1 fully saturated rings. The van der Waals surface area contributed by atoms with Gasteiger partial charge < -0.3 is 24.9 Å². The van der Waals surface area contributed by atoms with Crippen LogP contribution in [0.25, 0.3) is 22.2 Å². The number of carbonyl (C=O) groups is 1. The fourth-order valence-electron chi connectivity index (χ4n) is 3.94. The second-order valence-electron chi connectivity index (χ2n) is 8.95. The number of amides is 1. The highest BCUT2D eigenvalue weighted by molar-refractivity contribution is 5.82. The van der Waals surface area contributed by atoms with E-state index in [2.05, 4.69) is 16.7 Å². The smallest absolute Gasteiger partial charge is 0.408 e. The maximum Gasteiger partial charge on any atom is 0.419 e. The molecule has 3 atom stereocenters. The monoisotopic (exact) mass is 464 g/mol. The van der Waals surface area contributed by atoms with Crippen molar-refractivity contribution in [3.63, 3.8) is 0 Å². The lowest BCUT2D eigenvalue weighted by Crippen LogP contribution is -2.51. The van der Waals surface area contributed by atoms with Crippen molar-refractivity contribution in [3.8, 4) is 17.2 Å². The van der Waals surface area contributed by atoms with Gasteiger partial charge in [0.05, 0.1) is 23.8 Å². The predicted octanol–water partition coefficient (Wildman–Crippen LogP) is 1.48. The van der Waals surface area contributed by atoms with Crippen LogP contribution >= 0.6 is 0 Å². The van der Waals surface area contributed by atoms with Gasteiger partial charge >= 0.3 is 5.76 Å². The molecular formula is C25H28N4O5. The van der Waals surface area contributed by atoms with Crippen molar-refractivity contribution in [1.82, 2.24) is 15.2 Å². The Morgan fingerprint density at radius 3 is 2.79 bits per heavy atom. The average molecular weight is 465 g/mol. The summed E-state index contributed by atoms with van der Waals surface area (Å²) in [5.41, 5.74) is 3.04. The molecule has 1 aliphatic rings. The predicted molar refractivity (Wildman–Crippen MR) is 126 cm³/mol. The normalized spacial score (nSPS) is 21.9. The zero-order valence-electron chi connectivity index (χ0n) is 19.2. The van der Waals surface area contributed by atoms with Crippen LogP contribution in [0.15, 0.2) is 51.7 Å². The number of nitrogens with one attached hydrogen (secondary N) is 2. The van der Waals surface area contributed by atoms with E-state index < -0.39 is 23.5 Å². The van der Waals surface area contributed by atoms with Crippen LogP contribution in [0.4, 0.5) is 0 Å². The molecule has 1 aromatic heterocycles. The third-order valence-electron chi connectivity index (χ3n) is 6.05. The quantitative estimate of drug-likeness (QED) is 0.521. The van der Waals surface area contributed by atoms with Crippen LogP contribution in [0.5, 0.6) is 0 Å². The lowest BCUT2D eigenvalue weighted by atomic mass is 10.0. The van der Waals surface area contributed by atoms with Crippen LogP contribution in [-0.4, -0.2) is 53.0 Å². The average Bonchev–Trinajstić information content (AvgIpc) is 3.10. The molecule has 178 valence electrons. The Bertz CT molecular complexity index is 1270. The van der Waals surface area contributed by atoms with E-state index in [-0.39, 0.29) is 12.5 Å². The van der Waals surface area contributed by atoms with E-state index in [4.69, 9.17) is 9.15 Å². The highest BCUT2D eigenvalue weighted by Gasteiger charge is 2.29. The third kappa shape index (κ3) is 5.37. The van der Waals surface area contributed by atoms with E-state index in [0.29, 0.717) is 37.0 Å². The lowest BCUT2D eigenvalue weighted by molar-refractivity contribution is -0.139. The number of aliphatic hydroxyl groups is 1. The van der Waals surface area contributed by atoms with Crippen LogP contribution in [0, 0.1) is 11.3 Å². The Labute approximate surface area is 196 Å². The fourth-order valence-corrected chi connectivity index (χ4v) is 3.94. The summed E-state index contributed by atoms with van der Waals surface area (Å²) >= 11 is 0. The van der Waals surface area contributed by atoms with Gasteiger partial charge in [0, 0.05) is 20.0 Å². The van der Waals surface area contributed by atoms with Crippen LogP contribution in [-0.2, 0) is 23.0 Å². The number of oxazole rings is 1. The molecule has 0 aliphatic carbocycles. The van der Waals surface area contributed by atoms with Gasteiger partial charge in [-0.25, -0.2) is 4.79 Å². The molecule has 9 heteroatoms. The first-order chi connectivity index (χ1) is 16.3. The summed E-state index contributed by atoms with van der Waals surface area (Å²) in [7, 11) is 1.66. The molecule has 2 heterocycles. The number of fused-ring (bicyclic) bond motifs is 1. The van der Waals surface area contributed by atoms with E-state index in [1.165, 1.54) is 4.57 Å². The molecule has 0 spiro atoms. The topological polar surface area (TPSA) is 130 Å².